The van der Waals surface area contributed by atoms with E-state index in [0.29, 0.717) is 0 Å². The second-order valence-electron chi connectivity index (χ2n) is 5.88. The maximum atomic E-state index is 6.12. The molecular weight excluding hydrogens is 244 g/mol. The molecule has 0 aromatic heterocycles. The van der Waals surface area contributed by atoms with Crippen LogP contribution in [-0.2, 0) is 19.5 Å². The molecule has 2 nitrogen and oxygen atoms in total. The minimum atomic E-state index is 0.938. The SMILES string of the molecule is Cc1ccc(C)c(CN2CCc3cccc(N)c3C2)c1. The summed E-state index contributed by atoms with van der Waals surface area (Å²) >= 11 is 0. The first-order valence-corrected chi connectivity index (χ1v) is 7.28. The van der Waals surface area contributed by atoms with Gasteiger partial charge in [0.2, 0.25) is 0 Å². The van der Waals surface area contributed by atoms with Crippen molar-refractivity contribution in [1.29, 1.82) is 0 Å². The number of rotatable bonds is 2. The maximum absolute atomic E-state index is 6.12. The largest absolute Gasteiger partial charge is 0.398 e. The summed E-state index contributed by atoms with van der Waals surface area (Å²) in [6.07, 6.45) is 1.10. The van der Waals surface area contributed by atoms with Gasteiger partial charge in [-0.1, -0.05) is 35.9 Å². The Balaban J connectivity index is 1.81. The van der Waals surface area contributed by atoms with Crippen LogP contribution >= 0.6 is 0 Å². The molecular formula is C18H22N2. The highest BCUT2D eigenvalue weighted by Crippen LogP contribution is 2.25. The van der Waals surface area contributed by atoms with Crippen molar-refractivity contribution in [1.82, 2.24) is 4.90 Å². The van der Waals surface area contributed by atoms with E-state index in [1.54, 1.807) is 0 Å². The summed E-state index contributed by atoms with van der Waals surface area (Å²) in [4.78, 5) is 2.50. The fraction of sp³-hybridized carbons (Fsp3) is 0.333. The van der Waals surface area contributed by atoms with Crippen molar-refractivity contribution in [2.24, 2.45) is 0 Å². The van der Waals surface area contributed by atoms with Gasteiger partial charge in [0.25, 0.3) is 0 Å². The molecule has 1 heterocycles. The van der Waals surface area contributed by atoms with Crippen LogP contribution in [0.25, 0.3) is 0 Å². The lowest BCUT2D eigenvalue weighted by molar-refractivity contribution is 0.245. The number of aryl methyl sites for hydroxylation is 2. The summed E-state index contributed by atoms with van der Waals surface area (Å²) in [5.74, 6) is 0. The van der Waals surface area contributed by atoms with Crippen LogP contribution in [0.15, 0.2) is 36.4 Å². The zero-order valence-electron chi connectivity index (χ0n) is 12.3. The Morgan fingerprint density at radius 3 is 2.85 bits per heavy atom. The Morgan fingerprint density at radius 2 is 2.00 bits per heavy atom. The van der Waals surface area contributed by atoms with E-state index in [-0.39, 0.29) is 0 Å². The lowest BCUT2D eigenvalue weighted by atomic mass is 9.97. The summed E-state index contributed by atoms with van der Waals surface area (Å²) in [5.41, 5.74) is 14.0. The molecule has 0 radical (unpaired) electrons. The second kappa shape index (κ2) is 5.29. The molecule has 0 saturated heterocycles. The van der Waals surface area contributed by atoms with Gasteiger partial charge in [-0.2, -0.15) is 0 Å². The molecule has 3 rings (SSSR count). The van der Waals surface area contributed by atoms with E-state index in [1.165, 1.54) is 27.8 Å². The molecule has 0 bridgehead atoms. The van der Waals surface area contributed by atoms with Crippen molar-refractivity contribution in [3.05, 3.63) is 64.2 Å². The third-order valence-corrected chi connectivity index (χ3v) is 4.29. The molecule has 0 atom stereocenters. The van der Waals surface area contributed by atoms with Gasteiger partial charge in [-0.25, -0.2) is 0 Å². The van der Waals surface area contributed by atoms with Crippen LogP contribution in [0.5, 0.6) is 0 Å². The Bertz CT molecular complexity index is 631. The topological polar surface area (TPSA) is 29.3 Å². The monoisotopic (exact) mass is 266 g/mol. The van der Waals surface area contributed by atoms with E-state index in [2.05, 4.69) is 49.1 Å². The first-order valence-electron chi connectivity index (χ1n) is 7.28. The molecule has 1 aliphatic heterocycles. The third-order valence-electron chi connectivity index (χ3n) is 4.29. The van der Waals surface area contributed by atoms with Gasteiger partial charge in [0.15, 0.2) is 0 Å². The van der Waals surface area contributed by atoms with Crippen LogP contribution in [0.4, 0.5) is 5.69 Å². The van der Waals surface area contributed by atoms with Crippen LogP contribution < -0.4 is 5.73 Å². The highest BCUT2D eigenvalue weighted by Gasteiger charge is 2.18. The molecule has 20 heavy (non-hydrogen) atoms. The van der Waals surface area contributed by atoms with Crippen molar-refractivity contribution in [2.45, 2.75) is 33.4 Å². The Morgan fingerprint density at radius 1 is 1.15 bits per heavy atom. The summed E-state index contributed by atoms with van der Waals surface area (Å²) in [6, 6.07) is 13.0. The highest BCUT2D eigenvalue weighted by atomic mass is 15.1. The van der Waals surface area contributed by atoms with Gasteiger partial charge >= 0.3 is 0 Å². The predicted molar refractivity (Wildman–Crippen MR) is 84.6 cm³/mol. The molecule has 2 heteroatoms. The molecule has 0 fully saturated rings. The van der Waals surface area contributed by atoms with Gasteiger partial charge < -0.3 is 5.73 Å². The highest BCUT2D eigenvalue weighted by molar-refractivity contribution is 5.51. The Kier molecular flexibility index (Phi) is 3.49. The number of fused-ring (bicyclic) bond motifs is 1. The van der Waals surface area contributed by atoms with Crippen LogP contribution in [0.2, 0.25) is 0 Å². The molecule has 2 aromatic carbocycles. The number of nitrogens with zero attached hydrogens (tertiary/aromatic N) is 1. The van der Waals surface area contributed by atoms with Crippen LogP contribution in [-0.4, -0.2) is 11.4 Å². The zero-order chi connectivity index (χ0) is 14.1. The quantitative estimate of drug-likeness (QED) is 0.844. The van der Waals surface area contributed by atoms with Crippen LogP contribution in [0.3, 0.4) is 0 Å². The van der Waals surface area contributed by atoms with E-state index in [1.807, 2.05) is 6.07 Å². The summed E-state index contributed by atoms with van der Waals surface area (Å²) in [6.45, 7) is 7.45. The molecule has 0 spiro atoms. The average molecular weight is 266 g/mol. The fourth-order valence-corrected chi connectivity index (χ4v) is 3.01. The second-order valence-corrected chi connectivity index (χ2v) is 5.88. The number of anilines is 1. The summed E-state index contributed by atoms with van der Waals surface area (Å²) in [7, 11) is 0. The number of nitrogens with two attached hydrogens (primary N) is 1. The Labute approximate surface area is 121 Å². The van der Waals surface area contributed by atoms with Crippen molar-refractivity contribution in [3.8, 4) is 0 Å². The van der Waals surface area contributed by atoms with E-state index in [0.717, 1.165) is 31.7 Å². The first-order chi connectivity index (χ1) is 9.63. The number of hydrogen-bond acceptors (Lipinski definition) is 2. The standard InChI is InChI=1S/C18H22N2/c1-13-6-7-14(2)16(10-13)11-20-9-8-15-4-3-5-18(19)17(15)12-20/h3-7,10H,8-9,11-12,19H2,1-2H3. The average Bonchev–Trinajstić information content (AvgIpc) is 2.44. The van der Waals surface area contributed by atoms with E-state index in [9.17, 15) is 0 Å². The maximum Gasteiger partial charge on any atom is 0.0362 e. The van der Waals surface area contributed by atoms with Gasteiger partial charge in [-0.3, -0.25) is 4.90 Å². The molecule has 0 unspecified atom stereocenters. The first kappa shape index (κ1) is 13.2. The molecule has 104 valence electrons. The number of hydrogen-bond donors (Lipinski definition) is 1. The van der Waals surface area contributed by atoms with Crippen molar-refractivity contribution in [3.63, 3.8) is 0 Å². The number of benzene rings is 2. The fourth-order valence-electron chi connectivity index (χ4n) is 3.01. The molecule has 2 aromatic rings. The van der Waals surface area contributed by atoms with Gasteiger partial charge in [0.05, 0.1) is 0 Å². The number of nitrogen functional groups attached to an aromatic ring is 1. The lowest BCUT2D eigenvalue weighted by Crippen LogP contribution is -2.30. The van der Waals surface area contributed by atoms with E-state index < -0.39 is 0 Å². The zero-order valence-corrected chi connectivity index (χ0v) is 12.3. The molecule has 1 aliphatic rings. The van der Waals surface area contributed by atoms with Crippen molar-refractivity contribution >= 4 is 5.69 Å². The minimum absolute atomic E-state index is 0.938. The molecule has 0 amide bonds. The van der Waals surface area contributed by atoms with Gasteiger partial charge in [0.1, 0.15) is 0 Å². The smallest absolute Gasteiger partial charge is 0.0362 e. The third kappa shape index (κ3) is 2.56. The molecule has 2 N–H and O–H groups in total. The van der Waals surface area contributed by atoms with Crippen molar-refractivity contribution in [2.75, 3.05) is 12.3 Å². The summed E-state index contributed by atoms with van der Waals surface area (Å²) < 4.78 is 0. The molecule has 0 saturated carbocycles. The predicted octanol–water partition coefficient (Wildman–Crippen LogP) is 3.44. The van der Waals surface area contributed by atoms with Crippen LogP contribution in [0, 0.1) is 13.8 Å². The van der Waals surface area contributed by atoms with E-state index in [4.69, 9.17) is 5.73 Å². The van der Waals surface area contributed by atoms with E-state index >= 15 is 0 Å². The summed E-state index contributed by atoms with van der Waals surface area (Å²) in [5, 5.41) is 0. The molecule has 0 aliphatic carbocycles. The van der Waals surface area contributed by atoms with Gasteiger partial charge in [-0.05, 0) is 48.6 Å². The normalized spacial score (nSPS) is 15.1. The lowest BCUT2D eigenvalue weighted by Gasteiger charge is -2.30. The minimum Gasteiger partial charge on any atom is -0.398 e. The Hall–Kier alpha value is -1.80. The van der Waals surface area contributed by atoms with Gasteiger partial charge in [-0.15, -0.1) is 0 Å². The van der Waals surface area contributed by atoms with Crippen LogP contribution in [0.1, 0.15) is 27.8 Å². The van der Waals surface area contributed by atoms with Crippen molar-refractivity contribution < 1.29 is 0 Å². The van der Waals surface area contributed by atoms with Gasteiger partial charge in [0, 0.05) is 25.3 Å².